The molecule has 3 heterocycles. The highest BCUT2D eigenvalue weighted by atomic mass is 16.5. The Balaban J connectivity index is 1.51. The number of carbonyl (C=O) groups excluding carboxylic acids is 1. The smallest absolute Gasteiger partial charge is 0.290 e. The maximum absolute atomic E-state index is 12.7. The van der Waals surface area contributed by atoms with Crippen LogP contribution in [0.5, 0.6) is 0 Å². The second-order valence-electron chi connectivity index (χ2n) is 6.60. The van der Waals surface area contributed by atoms with Crippen molar-refractivity contribution in [1.82, 2.24) is 4.90 Å². The van der Waals surface area contributed by atoms with Gasteiger partial charge in [-0.25, -0.2) is 0 Å². The molecule has 5 heteroatoms. The summed E-state index contributed by atoms with van der Waals surface area (Å²) in [6.07, 6.45) is 2.01. The van der Waals surface area contributed by atoms with Crippen LogP contribution in [0.3, 0.4) is 0 Å². The SMILES string of the molecule is CO[C@@H]1CCOC2(C1)CN(C(=O)c1oc3ccccc3c1C)C2. The lowest BCUT2D eigenvalue weighted by molar-refractivity contribution is -0.182. The monoisotopic (exact) mass is 315 g/mol. The van der Waals surface area contributed by atoms with Gasteiger partial charge in [-0.1, -0.05) is 18.2 Å². The van der Waals surface area contributed by atoms with Gasteiger partial charge in [0.1, 0.15) is 11.2 Å². The first-order valence-corrected chi connectivity index (χ1v) is 8.06. The first kappa shape index (κ1) is 14.7. The zero-order valence-corrected chi connectivity index (χ0v) is 13.5. The molecular formula is C18H21NO4. The lowest BCUT2D eigenvalue weighted by Gasteiger charge is -2.52. The van der Waals surface area contributed by atoms with Gasteiger partial charge in [0.25, 0.3) is 5.91 Å². The van der Waals surface area contributed by atoms with E-state index in [9.17, 15) is 4.79 Å². The van der Waals surface area contributed by atoms with Gasteiger partial charge < -0.3 is 18.8 Å². The standard InChI is InChI=1S/C18H21NO4/c1-12-14-5-3-4-6-15(14)23-16(12)17(20)19-10-18(11-19)9-13(21-2)7-8-22-18/h3-6,13H,7-11H2,1-2H3/t13-/m1/s1. The zero-order chi connectivity index (χ0) is 16.0. The van der Waals surface area contributed by atoms with E-state index in [1.165, 1.54) is 0 Å². The number of fused-ring (bicyclic) bond motifs is 1. The first-order valence-electron chi connectivity index (χ1n) is 8.06. The second kappa shape index (κ2) is 5.35. The van der Waals surface area contributed by atoms with Gasteiger partial charge in [-0.2, -0.15) is 0 Å². The van der Waals surface area contributed by atoms with E-state index in [1.54, 1.807) is 7.11 Å². The number of rotatable bonds is 2. The number of ether oxygens (including phenoxy) is 2. The summed E-state index contributed by atoms with van der Waals surface area (Å²) in [5.41, 5.74) is 1.44. The number of furan rings is 1. The number of benzene rings is 1. The Morgan fingerprint density at radius 3 is 2.87 bits per heavy atom. The molecule has 23 heavy (non-hydrogen) atoms. The summed E-state index contributed by atoms with van der Waals surface area (Å²) in [6.45, 7) is 3.86. The molecule has 1 amide bonds. The van der Waals surface area contributed by atoms with Crippen LogP contribution >= 0.6 is 0 Å². The molecular weight excluding hydrogens is 294 g/mol. The third-order valence-corrected chi connectivity index (χ3v) is 5.06. The number of likely N-dealkylation sites (tertiary alicyclic amines) is 1. The van der Waals surface area contributed by atoms with E-state index in [0.29, 0.717) is 25.5 Å². The Morgan fingerprint density at radius 1 is 1.35 bits per heavy atom. The van der Waals surface area contributed by atoms with Gasteiger partial charge >= 0.3 is 0 Å². The summed E-state index contributed by atoms with van der Waals surface area (Å²) < 4.78 is 17.2. The van der Waals surface area contributed by atoms with Crippen LogP contribution in [-0.4, -0.2) is 49.3 Å². The number of hydrogen-bond acceptors (Lipinski definition) is 4. The molecule has 2 aliphatic heterocycles. The van der Waals surface area contributed by atoms with E-state index >= 15 is 0 Å². The molecule has 0 aliphatic carbocycles. The molecule has 2 fully saturated rings. The van der Waals surface area contributed by atoms with Crippen LogP contribution in [0, 0.1) is 6.92 Å². The highest BCUT2D eigenvalue weighted by molar-refractivity contribution is 5.99. The maximum atomic E-state index is 12.7. The van der Waals surface area contributed by atoms with E-state index in [2.05, 4.69) is 0 Å². The third-order valence-electron chi connectivity index (χ3n) is 5.06. The number of aryl methyl sites for hydroxylation is 1. The van der Waals surface area contributed by atoms with Crippen LogP contribution in [0.1, 0.15) is 29.0 Å². The maximum Gasteiger partial charge on any atom is 0.290 e. The average molecular weight is 315 g/mol. The van der Waals surface area contributed by atoms with Crippen LogP contribution in [0.25, 0.3) is 11.0 Å². The van der Waals surface area contributed by atoms with Crippen LogP contribution in [0.15, 0.2) is 28.7 Å². The normalized spacial score (nSPS) is 23.2. The molecule has 122 valence electrons. The Bertz CT molecular complexity index is 745. The van der Waals surface area contributed by atoms with Crippen molar-refractivity contribution < 1.29 is 18.7 Å². The minimum absolute atomic E-state index is 0.0486. The van der Waals surface area contributed by atoms with Gasteiger partial charge in [0.2, 0.25) is 0 Å². The quantitative estimate of drug-likeness (QED) is 0.855. The van der Waals surface area contributed by atoms with Crippen molar-refractivity contribution in [2.45, 2.75) is 31.5 Å². The Morgan fingerprint density at radius 2 is 2.13 bits per heavy atom. The van der Waals surface area contributed by atoms with Crippen molar-refractivity contribution in [1.29, 1.82) is 0 Å². The molecule has 1 spiro atoms. The predicted molar refractivity (Wildman–Crippen MR) is 85.6 cm³/mol. The Hall–Kier alpha value is -1.85. The van der Waals surface area contributed by atoms with Crippen molar-refractivity contribution in [3.63, 3.8) is 0 Å². The fourth-order valence-electron chi connectivity index (χ4n) is 3.72. The molecule has 0 saturated carbocycles. The minimum atomic E-state index is -0.228. The molecule has 1 atom stereocenters. The summed E-state index contributed by atoms with van der Waals surface area (Å²) in [7, 11) is 1.74. The van der Waals surface area contributed by atoms with Gasteiger partial charge in [-0.3, -0.25) is 4.79 Å². The van der Waals surface area contributed by atoms with Crippen molar-refractivity contribution in [2.24, 2.45) is 0 Å². The average Bonchev–Trinajstić information content (AvgIpc) is 2.89. The van der Waals surface area contributed by atoms with Crippen LogP contribution in [-0.2, 0) is 9.47 Å². The molecule has 1 aromatic carbocycles. The Kier molecular flexibility index (Phi) is 3.43. The predicted octanol–water partition coefficient (Wildman–Crippen LogP) is 2.76. The largest absolute Gasteiger partial charge is 0.451 e. The lowest BCUT2D eigenvalue weighted by atomic mass is 9.84. The fourth-order valence-corrected chi connectivity index (χ4v) is 3.72. The molecule has 2 aliphatic rings. The number of para-hydroxylation sites is 1. The van der Waals surface area contributed by atoms with Gasteiger partial charge in [0.05, 0.1) is 19.2 Å². The van der Waals surface area contributed by atoms with E-state index in [-0.39, 0.29) is 17.6 Å². The lowest BCUT2D eigenvalue weighted by Crippen LogP contribution is -2.67. The third kappa shape index (κ3) is 2.35. The fraction of sp³-hybridized carbons (Fsp3) is 0.500. The molecule has 2 saturated heterocycles. The van der Waals surface area contributed by atoms with Crippen molar-refractivity contribution in [2.75, 3.05) is 26.8 Å². The van der Waals surface area contributed by atoms with E-state index in [0.717, 1.165) is 29.4 Å². The molecule has 0 N–H and O–H groups in total. The number of methoxy groups -OCH3 is 1. The summed E-state index contributed by atoms with van der Waals surface area (Å²) in [6, 6.07) is 7.75. The topological polar surface area (TPSA) is 51.9 Å². The minimum Gasteiger partial charge on any atom is -0.451 e. The van der Waals surface area contributed by atoms with Crippen molar-refractivity contribution >= 4 is 16.9 Å². The molecule has 2 aromatic rings. The van der Waals surface area contributed by atoms with Crippen LogP contribution < -0.4 is 0 Å². The van der Waals surface area contributed by atoms with Crippen LogP contribution in [0.4, 0.5) is 0 Å². The van der Waals surface area contributed by atoms with Gasteiger partial charge in [0, 0.05) is 31.1 Å². The summed E-state index contributed by atoms with van der Waals surface area (Å²) in [5.74, 6) is 0.396. The number of nitrogens with zero attached hydrogens (tertiary/aromatic N) is 1. The summed E-state index contributed by atoms with van der Waals surface area (Å²) >= 11 is 0. The van der Waals surface area contributed by atoms with E-state index in [4.69, 9.17) is 13.9 Å². The summed E-state index contributed by atoms with van der Waals surface area (Å²) in [5, 5.41) is 0.999. The van der Waals surface area contributed by atoms with Gasteiger partial charge in [-0.05, 0) is 19.4 Å². The van der Waals surface area contributed by atoms with Crippen molar-refractivity contribution in [3.05, 3.63) is 35.6 Å². The molecule has 4 rings (SSSR count). The van der Waals surface area contributed by atoms with Crippen molar-refractivity contribution in [3.8, 4) is 0 Å². The molecule has 1 aromatic heterocycles. The van der Waals surface area contributed by atoms with E-state index < -0.39 is 0 Å². The highest BCUT2D eigenvalue weighted by Gasteiger charge is 2.50. The second-order valence-corrected chi connectivity index (χ2v) is 6.60. The molecule has 0 radical (unpaired) electrons. The summed E-state index contributed by atoms with van der Waals surface area (Å²) in [4.78, 5) is 14.5. The number of carbonyl (C=O) groups is 1. The number of amides is 1. The molecule has 0 bridgehead atoms. The van der Waals surface area contributed by atoms with Crippen LogP contribution in [0.2, 0.25) is 0 Å². The highest BCUT2D eigenvalue weighted by Crippen LogP contribution is 2.37. The van der Waals surface area contributed by atoms with Gasteiger partial charge in [0.15, 0.2) is 5.76 Å². The molecule has 0 unspecified atom stereocenters. The zero-order valence-electron chi connectivity index (χ0n) is 13.5. The molecule has 5 nitrogen and oxygen atoms in total. The van der Waals surface area contributed by atoms with Gasteiger partial charge in [-0.15, -0.1) is 0 Å². The number of hydrogen-bond donors (Lipinski definition) is 0. The first-order chi connectivity index (χ1) is 11.1. The Labute approximate surface area is 135 Å². The van der Waals surface area contributed by atoms with E-state index in [1.807, 2.05) is 36.1 Å².